The summed E-state index contributed by atoms with van der Waals surface area (Å²) in [6, 6.07) is 5.08. The van der Waals surface area contributed by atoms with Crippen LogP contribution in [0.4, 0.5) is 10.5 Å². The molecule has 0 bridgehead atoms. The minimum Gasteiger partial charge on any atom is -0.475 e. The smallest absolute Gasteiger partial charge is 0.373 e. The highest BCUT2D eigenvalue weighted by atomic mass is 32.2. The number of carboxylic acids is 1. The lowest BCUT2D eigenvalue weighted by molar-refractivity contribution is 0.0660. The number of carbonyl (C=O) groups excluding carboxylic acids is 1. The number of carbonyl (C=O) groups is 2. The summed E-state index contributed by atoms with van der Waals surface area (Å²) in [6.45, 7) is -0.504. The van der Waals surface area contributed by atoms with Crippen LogP contribution in [0.5, 0.6) is 0 Å². The number of nitrogens with zero attached hydrogens (tertiary/aromatic N) is 2. The predicted molar refractivity (Wildman–Crippen MR) is 71.7 cm³/mol. The van der Waals surface area contributed by atoms with Gasteiger partial charge in [-0.2, -0.15) is 0 Å². The van der Waals surface area contributed by atoms with Crippen LogP contribution in [0.3, 0.4) is 0 Å². The second-order valence-electron chi connectivity index (χ2n) is 4.36. The van der Waals surface area contributed by atoms with Crippen LogP contribution >= 0.6 is 0 Å². The van der Waals surface area contributed by atoms with Gasteiger partial charge in [-0.25, -0.2) is 27.3 Å². The zero-order valence-electron chi connectivity index (χ0n) is 10.9. The number of para-hydroxylation sites is 1. The third-order valence-electron chi connectivity index (χ3n) is 2.97. The van der Waals surface area contributed by atoms with E-state index < -0.39 is 34.3 Å². The van der Waals surface area contributed by atoms with Gasteiger partial charge in [-0.05, 0) is 12.1 Å². The summed E-state index contributed by atoms with van der Waals surface area (Å²) in [7, 11) is -4.07. The third-order valence-corrected chi connectivity index (χ3v) is 4.75. The van der Waals surface area contributed by atoms with Crippen LogP contribution in [-0.4, -0.2) is 34.8 Å². The molecule has 2 heterocycles. The van der Waals surface area contributed by atoms with Gasteiger partial charge in [0.15, 0.2) is 0 Å². The summed E-state index contributed by atoms with van der Waals surface area (Å²) in [5.41, 5.74) is 0.183. The van der Waals surface area contributed by atoms with E-state index in [2.05, 4.69) is 10.3 Å². The van der Waals surface area contributed by atoms with Gasteiger partial charge in [0.05, 0.1) is 11.9 Å². The molecule has 0 atom stereocenters. The van der Waals surface area contributed by atoms with Crippen molar-refractivity contribution >= 4 is 27.7 Å². The molecule has 10 heteroatoms. The number of amides is 2. The summed E-state index contributed by atoms with van der Waals surface area (Å²) >= 11 is 0. The Bertz CT molecular complexity index is 872. The van der Waals surface area contributed by atoms with Gasteiger partial charge in [-0.1, -0.05) is 12.1 Å². The molecule has 0 aliphatic carbocycles. The van der Waals surface area contributed by atoms with Crippen LogP contribution in [-0.2, 0) is 16.6 Å². The second-order valence-corrected chi connectivity index (χ2v) is 6.19. The van der Waals surface area contributed by atoms with Crippen LogP contribution in [0.15, 0.2) is 39.8 Å². The van der Waals surface area contributed by atoms with Gasteiger partial charge in [0.25, 0.3) is 10.0 Å². The predicted octanol–water partition coefficient (Wildman–Crippen LogP) is 1.11. The van der Waals surface area contributed by atoms with Gasteiger partial charge in [0.1, 0.15) is 11.4 Å². The number of urea groups is 1. The summed E-state index contributed by atoms with van der Waals surface area (Å²) < 4.78 is 30.3. The van der Waals surface area contributed by atoms with E-state index in [1.54, 1.807) is 6.07 Å². The zero-order valence-corrected chi connectivity index (χ0v) is 11.7. The molecule has 0 radical (unpaired) electrons. The number of aromatic nitrogens is 1. The van der Waals surface area contributed by atoms with Crippen molar-refractivity contribution in [2.24, 2.45) is 0 Å². The van der Waals surface area contributed by atoms with Crippen molar-refractivity contribution in [2.75, 3.05) is 5.32 Å². The topological polar surface area (TPSA) is 130 Å². The average molecular weight is 323 g/mol. The number of oxazole rings is 1. The van der Waals surface area contributed by atoms with E-state index in [0.29, 0.717) is 4.31 Å². The van der Waals surface area contributed by atoms with Crippen LogP contribution < -0.4 is 5.32 Å². The molecule has 0 saturated heterocycles. The van der Waals surface area contributed by atoms with Crippen molar-refractivity contribution in [3.05, 3.63) is 42.1 Å². The highest BCUT2D eigenvalue weighted by Gasteiger charge is 2.37. The lowest BCUT2D eigenvalue weighted by atomic mass is 10.3. The van der Waals surface area contributed by atoms with Crippen molar-refractivity contribution in [3.8, 4) is 0 Å². The Balaban J connectivity index is 1.97. The maximum atomic E-state index is 12.4. The van der Waals surface area contributed by atoms with Gasteiger partial charge in [-0.15, -0.1) is 0 Å². The van der Waals surface area contributed by atoms with Crippen molar-refractivity contribution in [1.29, 1.82) is 0 Å². The molecule has 1 aromatic carbocycles. The number of nitrogens with one attached hydrogen (secondary N) is 1. The second kappa shape index (κ2) is 4.84. The first kappa shape index (κ1) is 14.1. The maximum absolute atomic E-state index is 12.4. The Hall–Kier alpha value is -2.88. The first-order valence-electron chi connectivity index (χ1n) is 6.00. The number of fused-ring (bicyclic) bond motifs is 1. The lowest BCUT2D eigenvalue weighted by Crippen LogP contribution is -2.43. The molecule has 1 aliphatic heterocycles. The SMILES string of the molecule is O=C(O)c1cnc(CN2C(=O)Nc3ccccc3S2(=O)=O)o1. The fourth-order valence-corrected chi connectivity index (χ4v) is 3.39. The van der Waals surface area contributed by atoms with Gasteiger partial charge in [0.2, 0.25) is 11.7 Å². The number of benzene rings is 1. The number of anilines is 1. The number of sulfonamides is 1. The Morgan fingerprint density at radius 1 is 1.36 bits per heavy atom. The van der Waals surface area contributed by atoms with Crippen molar-refractivity contribution < 1.29 is 27.5 Å². The normalized spacial score (nSPS) is 16.0. The van der Waals surface area contributed by atoms with Crippen molar-refractivity contribution in [2.45, 2.75) is 11.4 Å². The van der Waals surface area contributed by atoms with E-state index in [1.807, 2.05) is 0 Å². The van der Waals surface area contributed by atoms with E-state index >= 15 is 0 Å². The first-order chi connectivity index (χ1) is 10.4. The van der Waals surface area contributed by atoms with Gasteiger partial charge < -0.3 is 14.8 Å². The lowest BCUT2D eigenvalue weighted by Gasteiger charge is -2.27. The number of hydrogen-bond acceptors (Lipinski definition) is 6. The van der Waals surface area contributed by atoms with E-state index in [0.717, 1.165) is 6.20 Å². The molecular weight excluding hydrogens is 314 g/mol. The number of rotatable bonds is 3. The Morgan fingerprint density at radius 2 is 2.09 bits per heavy atom. The van der Waals surface area contributed by atoms with Gasteiger partial charge in [-0.3, -0.25) is 0 Å². The first-order valence-corrected chi connectivity index (χ1v) is 7.44. The van der Waals surface area contributed by atoms with Gasteiger partial charge in [0, 0.05) is 0 Å². The number of hydrogen-bond donors (Lipinski definition) is 2. The van der Waals surface area contributed by atoms with Crippen LogP contribution in [0, 0.1) is 0 Å². The van der Waals surface area contributed by atoms with Crippen molar-refractivity contribution in [3.63, 3.8) is 0 Å². The Labute approximate surface area is 124 Å². The van der Waals surface area contributed by atoms with Gasteiger partial charge >= 0.3 is 12.0 Å². The molecular formula is C12H9N3O6S. The highest BCUT2D eigenvalue weighted by Crippen LogP contribution is 2.30. The van der Waals surface area contributed by atoms with E-state index in [-0.39, 0.29) is 16.5 Å². The molecule has 0 unspecified atom stereocenters. The van der Waals surface area contributed by atoms with E-state index in [1.165, 1.54) is 18.2 Å². The summed E-state index contributed by atoms with van der Waals surface area (Å²) in [6.07, 6.45) is 0.945. The number of aromatic carboxylic acids is 1. The molecule has 9 nitrogen and oxygen atoms in total. The van der Waals surface area contributed by atoms with Crippen LogP contribution in [0.2, 0.25) is 0 Å². The zero-order chi connectivity index (χ0) is 15.9. The fraction of sp³-hybridized carbons (Fsp3) is 0.0833. The molecule has 0 fully saturated rings. The molecule has 2 amide bonds. The summed E-state index contributed by atoms with van der Waals surface area (Å²) in [4.78, 5) is 26.3. The summed E-state index contributed by atoms with van der Waals surface area (Å²) in [5.74, 6) is -1.98. The minimum absolute atomic E-state index is 0.0559. The van der Waals surface area contributed by atoms with E-state index in [9.17, 15) is 18.0 Å². The molecule has 1 aliphatic rings. The minimum atomic E-state index is -4.07. The van der Waals surface area contributed by atoms with Crippen LogP contribution in [0.1, 0.15) is 16.4 Å². The fourth-order valence-electron chi connectivity index (χ4n) is 1.96. The van der Waals surface area contributed by atoms with Crippen molar-refractivity contribution in [1.82, 2.24) is 9.29 Å². The Morgan fingerprint density at radius 3 is 2.77 bits per heavy atom. The Kier molecular flexibility index (Phi) is 3.10. The molecule has 3 rings (SSSR count). The molecule has 2 aromatic rings. The molecule has 114 valence electrons. The average Bonchev–Trinajstić information content (AvgIpc) is 2.92. The van der Waals surface area contributed by atoms with Crippen LogP contribution in [0.25, 0.3) is 0 Å². The third kappa shape index (κ3) is 2.19. The summed E-state index contributed by atoms with van der Waals surface area (Å²) in [5, 5.41) is 11.2. The molecule has 1 aromatic heterocycles. The standard InChI is InChI=1S/C12H9N3O6S/c16-11(17)8-5-13-10(21-8)6-15-12(18)14-7-3-1-2-4-9(7)22(15,19)20/h1-5H,6H2,(H,14,18)(H,16,17). The highest BCUT2D eigenvalue weighted by molar-refractivity contribution is 7.90. The monoisotopic (exact) mass is 323 g/mol. The number of carboxylic acid groups (broad SMARTS) is 1. The molecule has 0 spiro atoms. The largest absolute Gasteiger partial charge is 0.475 e. The van der Waals surface area contributed by atoms with E-state index in [4.69, 9.17) is 9.52 Å². The molecule has 2 N–H and O–H groups in total. The molecule has 0 saturated carbocycles. The quantitative estimate of drug-likeness (QED) is 0.865. The maximum Gasteiger partial charge on any atom is 0.373 e. The molecule has 22 heavy (non-hydrogen) atoms.